The van der Waals surface area contributed by atoms with Crippen molar-refractivity contribution in [2.45, 2.75) is 51.7 Å². The monoisotopic (exact) mass is 402 g/mol. The van der Waals surface area contributed by atoms with Gasteiger partial charge in [0.2, 0.25) is 5.28 Å². The number of nitrogens with zero attached hydrogens (tertiary/aromatic N) is 4. The largest absolute Gasteiger partial charge is 0.456 e. The quantitative estimate of drug-likeness (QED) is 0.435. The van der Waals surface area contributed by atoms with Crippen molar-refractivity contribution in [3.05, 3.63) is 16.8 Å². The molecule has 3 heterocycles. The third-order valence-corrected chi connectivity index (χ3v) is 4.35. The summed E-state index contributed by atoms with van der Waals surface area (Å²) in [6.07, 6.45) is -0.970. The van der Waals surface area contributed by atoms with Crippen LogP contribution in [-0.2, 0) is 23.8 Å². The van der Waals surface area contributed by atoms with Crippen LogP contribution in [0.25, 0.3) is 11.2 Å². The minimum Gasteiger partial charge on any atom is -0.456 e. The fourth-order valence-electron chi connectivity index (χ4n) is 2.96. The summed E-state index contributed by atoms with van der Waals surface area (Å²) in [4.78, 5) is 35.2. The molecule has 140 valence electrons. The van der Waals surface area contributed by atoms with Gasteiger partial charge in [0.05, 0.1) is 6.33 Å². The summed E-state index contributed by atoms with van der Waals surface area (Å²) in [6, 6.07) is 0. The highest BCUT2D eigenvalue weighted by Gasteiger charge is 2.49. The Hall–Kier alpha value is -1.97. The molecule has 0 N–H and O–H groups in total. The molecule has 11 heteroatoms. The lowest BCUT2D eigenvalue weighted by Gasteiger charge is -2.23. The van der Waals surface area contributed by atoms with Gasteiger partial charge in [0.25, 0.3) is 0 Å². The average molecular weight is 403 g/mol. The van der Waals surface area contributed by atoms with Gasteiger partial charge >= 0.3 is 11.9 Å². The molecule has 1 fully saturated rings. The highest BCUT2D eigenvalue weighted by molar-refractivity contribution is 6.35. The van der Waals surface area contributed by atoms with E-state index in [0.717, 1.165) is 0 Å². The van der Waals surface area contributed by atoms with Crippen LogP contribution in [0.1, 0.15) is 33.4 Å². The lowest BCUT2D eigenvalue weighted by Crippen LogP contribution is -2.38. The van der Waals surface area contributed by atoms with E-state index in [4.69, 9.17) is 37.4 Å². The predicted octanol–water partition coefficient (Wildman–Crippen LogP) is 2.30. The van der Waals surface area contributed by atoms with E-state index in [2.05, 4.69) is 15.0 Å². The molecular formula is C15H16Cl2N4O5. The second-order valence-corrected chi connectivity index (χ2v) is 6.43. The normalized spacial score (nSPS) is 25.4. The van der Waals surface area contributed by atoms with Crippen molar-refractivity contribution in [1.82, 2.24) is 19.5 Å². The van der Waals surface area contributed by atoms with Crippen molar-refractivity contribution in [3.63, 3.8) is 0 Å². The smallest absolute Gasteiger partial charge is 0.303 e. The minimum atomic E-state index is -0.883. The lowest BCUT2D eigenvalue weighted by atomic mass is 10.1. The molecule has 0 radical (unpaired) electrons. The zero-order valence-electron chi connectivity index (χ0n) is 14.2. The van der Waals surface area contributed by atoms with Crippen molar-refractivity contribution in [2.75, 3.05) is 0 Å². The lowest BCUT2D eigenvalue weighted by molar-refractivity contribution is -0.165. The van der Waals surface area contributed by atoms with Crippen LogP contribution in [0.4, 0.5) is 0 Å². The van der Waals surface area contributed by atoms with E-state index in [1.165, 1.54) is 24.7 Å². The van der Waals surface area contributed by atoms with Crippen LogP contribution in [0.3, 0.4) is 0 Å². The van der Waals surface area contributed by atoms with Gasteiger partial charge in [-0.25, -0.2) is 9.97 Å². The molecule has 1 unspecified atom stereocenters. The predicted molar refractivity (Wildman–Crippen MR) is 90.7 cm³/mol. The Bertz CT molecular complexity index is 858. The molecule has 0 amide bonds. The van der Waals surface area contributed by atoms with Gasteiger partial charge in [-0.2, -0.15) is 4.98 Å². The molecule has 1 aliphatic rings. The number of ether oxygens (including phenoxy) is 3. The number of hydrogen-bond acceptors (Lipinski definition) is 8. The van der Waals surface area contributed by atoms with Crippen molar-refractivity contribution in [2.24, 2.45) is 0 Å². The third-order valence-electron chi connectivity index (χ3n) is 3.92. The van der Waals surface area contributed by atoms with Crippen LogP contribution >= 0.6 is 23.2 Å². The molecule has 4 atom stereocenters. The second kappa shape index (κ2) is 7.34. The number of carbonyl (C=O) groups is 2. The Morgan fingerprint density at radius 1 is 1.19 bits per heavy atom. The van der Waals surface area contributed by atoms with Crippen molar-refractivity contribution in [3.8, 4) is 0 Å². The fraction of sp³-hybridized carbons (Fsp3) is 0.533. The molecule has 9 nitrogen and oxygen atoms in total. The molecule has 0 spiro atoms. The van der Waals surface area contributed by atoms with Crippen LogP contribution in [0.5, 0.6) is 0 Å². The van der Waals surface area contributed by atoms with Crippen LogP contribution in [0.15, 0.2) is 6.33 Å². The SMILES string of the molecule is CC[C@H]1O[C@@H](n2cnc3c(Cl)nc(Cl)nc32)C(OC(C)=O)[C@H]1OC(C)=O. The highest BCUT2D eigenvalue weighted by Crippen LogP contribution is 2.37. The fourth-order valence-corrected chi connectivity index (χ4v) is 3.38. The molecule has 26 heavy (non-hydrogen) atoms. The maximum Gasteiger partial charge on any atom is 0.303 e. The summed E-state index contributed by atoms with van der Waals surface area (Å²) in [7, 11) is 0. The van der Waals surface area contributed by atoms with E-state index in [0.29, 0.717) is 17.6 Å². The van der Waals surface area contributed by atoms with E-state index >= 15 is 0 Å². The summed E-state index contributed by atoms with van der Waals surface area (Å²) < 4.78 is 18.3. The third kappa shape index (κ3) is 3.46. The second-order valence-electron chi connectivity index (χ2n) is 5.73. The van der Waals surface area contributed by atoms with Crippen LogP contribution in [0.2, 0.25) is 10.4 Å². The van der Waals surface area contributed by atoms with Crippen LogP contribution in [0, 0.1) is 0 Å². The Labute approximate surface area is 158 Å². The van der Waals surface area contributed by atoms with Gasteiger partial charge in [-0.05, 0) is 18.0 Å². The first-order chi connectivity index (χ1) is 12.3. The van der Waals surface area contributed by atoms with Crippen LogP contribution in [-0.4, -0.2) is 49.8 Å². The van der Waals surface area contributed by atoms with E-state index in [9.17, 15) is 9.59 Å². The van der Waals surface area contributed by atoms with Crippen molar-refractivity contribution >= 4 is 46.3 Å². The zero-order valence-corrected chi connectivity index (χ0v) is 15.7. The number of aromatic nitrogens is 4. The molecule has 0 aromatic carbocycles. The van der Waals surface area contributed by atoms with E-state index in [1.54, 1.807) is 0 Å². The first kappa shape index (κ1) is 18.8. The Morgan fingerprint density at radius 3 is 2.46 bits per heavy atom. The first-order valence-corrected chi connectivity index (χ1v) is 8.62. The molecule has 2 aromatic rings. The summed E-state index contributed by atoms with van der Waals surface area (Å²) in [6.45, 7) is 4.42. The van der Waals surface area contributed by atoms with Gasteiger partial charge in [-0.1, -0.05) is 18.5 Å². The molecule has 1 saturated heterocycles. The van der Waals surface area contributed by atoms with Gasteiger partial charge in [0.15, 0.2) is 29.2 Å². The Morgan fingerprint density at radius 2 is 1.85 bits per heavy atom. The number of carbonyl (C=O) groups excluding carboxylic acids is 2. The molecule has 0 aliphatic carbocycles. The van der Waals surface area contributed by atoms with Gasteiger partial charge < -0.3 is 14.2 Å². The zero-order chi connectivity index (χ0) is 19.0. The molecule has 0 bridgehead atoms. The molecule has 3 rings (SSSR count). The summed E-state index contributed by atoms with van der Waals surface area (Å²) in [5.41, 5.74) is 0.640. The number of esters is 2. The molecule has 0 saturated carbocycles. The van der Waals surface area contributed by atoms with Gasteiger partial charge in [0.1, 0.15) is 11.6 Å². The number of halogens is 2. The van der Waals surface area contributed by atoms with Crippen molar-refractivity contribution in [1.29, 1.82) is 0 Å². The Kier molecular flexibility index (Phi) is 5.31. The minimum absolute atomic E-state index is 0.0603. The maximum absolute atomic E-state index is 11.6. The number of rotatable bonds is 4. The van der Waals surface area contributed by atoms with E-state index in [-0.39, 0.29) is 10.4 Å². The van der Waals surface area contributed by atoms with Crippen LogP contribution < -0.4 is 0 Å². The van der Waals surface area contributed by atoms with Gasteiger partial charge in [0, 0.05) is 13.8 Å². The summed E-state index contributed by atoms with van der Waals surface area (Å²) in [5, 5.41) is 0.0271. The number of hydrogen-bond donors (Lipinski definition) is 0. The molecule has 1 aliphatic heterocycles. The van der Waals surface area contributed by atoms with E-state index in [1.807, 2.05) is 6.92 Å². The first-order valence-electron chi connectivity index (χ1n) is 7.87. The highest BCUT2D eigenvalue weighted by atomic mass is 35.5. The van der Waals surface area contributed by atoms with Gasteiger partial charge in [-0.3, -0.25) is 14.2 Å². The average Bonchev–Trinajstić information content (AvgIpc) is 3.09. The topological polar surface area (TPSA) is 105 Å². The van der Waals surface area contributed by atoms with Gasteiger partial charge in [-0.15, -0.1) is 0 Å². The van der Waals surface area contributed by atoms with E-state index < -0.39 is 36.5 Å². The Balaban J connectivity index is 2.07. The summed E-state index contributed by atoms with van der Waals surface area (Å²) >= 11 is 11.9. The maximum atomic E-state index is 11.6. The summed E-state index contributed by atoms with van der Waals surface area (Å²) in [5.74, 6) is -1.04. The standard InChI is InChI=1S/C15H16Cl2N4O5/c1-4-8-10(24-6(2)22)11(25-7(3)23)14(26-8)21-5-18-9-12(16)19-15(17)20-13(9)21/h5,8,10-11,14H,4H2,1-3H3/t8-,10+,11?,14-/m1/s1. The number of imidazole rings is 1. The molecule has 2 aromatic heterocycles. The number of fused-ring (bicyclic) bond motifs is 1. The van der Waals surface area contributed by atoms with Crippen molar-refractivity contribution < 1.29 is 23.8 Å². The molecular weight excluding hydrogens is 387 g/mol.